The number of pyridine rings is 2. The normalized spacial score (nSPS) is 16.1. The van der Waals surface area contributed by atoms with Gasteiger partial charge in [-0.3, -0.25) is 24.0 Å². The van der Waals surface area contributed by atoms with Gasteiger partial charge in [0.15, 0.2) is 12.3 Å². The average Bonchev–Trinajstić information content (AvgIpc) is 3.58. The third kappa shape index (κ3) is 10.2. The molecule has 3 atom stereocenters. The van der Waals surface area contributed by atoms with Crippen LogP contribution in [0.2, 0.25) is 0 Å². The molecule has 0 spiro atoms. The number of nitrogens with one attached hydrogen (secondary N) is 4. The summed E-state index contributed by atoms with van der Waals surface area (Å²) in [5.41, 5.74) is 6.33. The summed E-state index contributed by atoms with van der Waals surface area (Å²) in [5.74, 6) is -3.31. The van der Waals surface area contributed by atoms with Crippen LogP contribution in [0.1, 0.15) is 95.9 Å². The van der Waals surface area contributed by atoms with Gasteiger partial charge in [0.05, 0.1) is 29.0 Å². The van der Waals surface area contributed by atoms with E-state index >= 15 is 0 Å². The molecule has 1 aromatic carbocycles. The molecule has 7 N–H and O–H groups in total. The van der Waals surface area contributed by atoms with Crippen LogP contribution in [0.15, 0.2) is 29.1 Å². The maximum absolute atomic E-state index is 13.7. The molecular weight excluding hydrogens is 794 g/mol. The maximum atomic E-state index is 13.7. The predicted octanol–water partition coefficient (Wildman–Crippen LogP) is 2.31. The Kier molecular flexibility index (Phi) is 14.5. The molecule has 0 unspecified atom stereocenters. The molecule has 0 aliphatic carbocycles. The molecule has 0 fully saturated rings. The molecule has 19 nitrogen and oxygen atoms in total. The zero-order chi connectivity index (χ0) is 44.8. The minimum atomic E-state index is -1.96. The van der Waals surface area contributed by atoms with Crippen molar-refractivity contribution < 1.29 is 52.9 Å². The lowest BCUT2D eigenvalue weighted by Crippen LogP contribution is -2.55. The van der Waals surface area contributed by atoms with Gasteiger partial charge in [0.2, 0.25) is 17.7 Å². The Balaban J connectivity index is 1.25. The highest BCUT2D eigenvalue weighted by molar-refractivity contribution is 5.93. The quantitative estimate of drug-likeness (QED) is 0.0364. The van der Waals surface area contributed by atoms with Crippen molar-refractivity contribution in [2.45, 2.75) is 111 Å². The summed E-state index contributed by atoms with van der Waals surface area (Å²) in [4.78, 5) is 106. The summed E-state index contributed by atoms with van der Waals surface area (Å²) in [6.45, 7) is 9.84. The van der Waals surface area contributed by atoms with Gasteiger partial charge in [-0.15, -0.1) is 0 Å². The molecule has 0 saturated carbocycles. The fourth-order valence-corrected chi connectivity index (χ4v) is 7.38. The highest BCUT2D eigenvalue weighted by atomic mass is 16.7. The number of fused-ring (bicyclic) bond motifs is 5. The van der Waals surface area contributed by atoms with E-state index in [-0.39, 0.29) is 91.9 Å². The van der Waals surface area contributed by atoms with Crippen molar-refractivity contribution in [2.75, 3.05) is 13.3 Å². The van der Waals surface area contributed by atoms with E-state index in [9.17, 15) is 43.5 Å². The summed E-state index contributed by atoms with van der Waals surface area (Å²) in [5, 5.41) is 22.0. The van der Waals surface area contributed by atoms with Crippen molar-refractivity contribution in [1.29, 1.82) is 0 Å². The number of amides is 5. The number of carbonyl (C=O) groups is 7. The van der Waals surface area contributed by atoms with E-state index in [4.69, 9.17) is 24.9 Å². The van der Waals surface area contributed by atoms with Crippen molar-refractivity contribution in [2.24, 2.45) is 17.6 Å². The highest BCUT2D eigenvalue weighted by Gasteiger charge is 2.45. The molecular formula is C42H53N7O12. The number of hydrogen-bond donors (Lipinski definition) is 6. The van der Waals surface area contributed by atoms with E-state index in [1.54, 1.807) is 57.4 Å². The molecule has 19 heteroatoms. The van der Waals surface area contributed by atoms with Gasteiger partial charge < -0.3 is 50.9 Å². The molecule has 2 aromatic heterocycles. The van der Waals surface area contributed by atoms with E-state index in [0.717, 1.165) is 11.1 Å². The lowest BCUT2D eigenvalue weighted by Gasteiger charge is -2.31. The summed E-state index contributed by atoms with van der Waals surface area (Å²) in [6.07, 6.45) is -0.443. The largest absolute Gasteiger partial charge is 0.515 e. The molecule has 0 bridgehead atoms. The predicted molar refractivity (Wildman–Crippen MR) is 219 cm³/mol. The Morgan fingerprint density at radius 1 is 0.984 bits per heavy atom. The number of benzene rings is 1. The second-order valence-corrected chi connectivity index (χ2v) is 15.6. The number of cyclic esters (lactones) is 1. The van der Waals surface area contributed by atoms with E-state index in [2.05, 4.69) is 21.3 Å². The van der Waals surface area contributed by atoms with Crippen LogP contribution in [-0.4, -0.2) is 81.7 Å². The first-order valence-corrected chi connectivity index (χ1v) is 20.3. The average molecular weight is 848 g/mol. The number of aryl methyl sites for hydroxylation is 1. The summed E-state index contributed by atoms with van der Waals surface area (Å²) in [7, 11) is 0. The molecule has 5 amide bonds. The molecule has 328 valence electrons. The fraction of sp³-hybridized carbons (Fsp3) is 0.500. The van der Waals surface area contributed by atoms with Crippen LogP contribution in [0.25, 0.3) is 22.3 Å². The lowest BCUT2D eigenvalue weighted by molar-refractivity contribution is -0.172. The van der Waals surface area contributed by atoms with Gasteiger partial charge >= 0.3 is 18.2 Å². The van der Waals surface area contributed by atoms with Crippen LogP contribution in [0.3, 0.4) is 0 Å². The van der Waals surface area contributed by atoms with Crippen molar-refractivity contribution >= 4 is 52.6 Å². The van der Waals surface area contributed by atoms with E-state index in [1.807, 2.05) is 6.92 Å². The van der Waals surface area contributed by atoms with Gasteiger partial charge in [-0.2, -0.15) is 0 Å². The van der Waals surface area contributed by atoms with Crippen LogP contribution >= 0.6 is 0 Å². The van der Waals surface area contributed by atoms with Crippen LogP contribution in [0.4, 0.5) is 9.59 Å². The number of Topliss-reactive ketones (excluding diaryl/α,β-unsaturated/α-hetero) is 1. The fourth-order valence-electron chi connectivity index (χ4n) is 7.38. The zero-order valence-electron chi connectivity index (χ0n) is 35.1. The number of rotatable bonds is 18. The van der Waals surface area contributed by atoms with Gasteiger partial charge in [-0.05, 0) is 61.4 Å². The number of urea groups is 1. The number of hydrogen-bond acceptors (Lipinski definition) is 13. The Bertz CT molecular complexity index is 2310. The summed E-state index contributed by atoms with van der Waals surface area (Å²) < 4.78 is 17.3. The third-order valence-electron chi connectivity index (χ3n) is 10.9. The van der Waals surface area contributed by atoms with Gasteiger partial charge in [-0.25, -0.2) is 19.4 Å². The second kappa shape index (κ2) is 19.3. The maximum Gasteiger partial charge on any atom is 0.515 e. The van der Waals surface area contributed by atoms with Crippen LogP contribution in [0, 0.1) is 11.8 Å². The number of carbonyl (C=O) groups excluding carboxylic acids is 7. The van der Waals surface area contributed by atoms with Crippen LogP contribution < -0.4 is 37.3 Å². The number of aliphatic hydroxyl groups is 1. The highest BCUT2D eigenvalue weighted by Crippen LogP contribution is 2.40. The first kappa shape index (κ1) is 45.7. The Labute approximate surface area is 351 Å². The molecule has 3 aromatic rings. The smallest absolute Gasteiger partial charge is 0.458 e. The Morgan fingerprint density at radius 3 is 2.38 bits per heavy atom. The second-order valence-electron chi connectivity index (χ2n) is 15.6. The zero-order valence-corrected chi connectivity index (χ0v) is 35.1. The molecule has 2 aliphatic rings. The van der Waals surface area contributed by atoms with Crippen molar-refractivity contribution in [1.82, 2.24) is 30.8 Å². The minimum absolute atomic E-state index is 0.0136. The monoisotopic (exact) mass is 847 g/mol. The number of aromatic nitrogens is 2. The molecule has 5 rings (SSSR count). The Morgan fingerprint density at radius 2 is 1.72 bits per heavy atom. The van der Waals surface area contributed by atoms with Crippen molar-refractivity contribution in [3.63, 3.8) is 0 Å². The number of ketones is 1. The Hall–Kier alpha value is -6.37. The molecule has 0 radical (unpaired) electrons. The van der Waals surface area contributed by atoms with Crippen molar-refractivity contribution in [3.05, 3.63) is 56.9 Å². The van der Waals surface area contributed by atoms with E-state index in [0.29, 0.717) is 28.7 Å². The van der Waals surface area contributed by atoms with Gasteiger partial charge in [-0.1, -0.05) is 41.5 Å². The number of nitrogens with zero attached hydrogens (tertiary/aromatic N) is 2. The van der Waals surface area contributed by atoms with Crippen LogP contribution in [0.5, 0.6) is 5.75 Å². The third-order valence-corrected chi connectivity index (χ3v) is 10.9. The van der Waals surface area contributed by atoms with E-state index < -0.39 is 60.3 Å². The van der Waals surface area contributed by atoms with Gasteiger partial charge in [0.25, 0.3) is 5.56 Å². The molecule has 61 heavy (non-hydrogen) atoms. The van der Waals surface area contributed by atoms with Crippen molar-refractivity contribution in [3.8, 4) is 17.1 Å². The van der Waals surface area contributed by atoms with E-state index in [1.165, 1.54) is 6.07 Å². The lowest BCUT2D eigenvalue weighted by atomic mass is 9.86. The number of nitrogens with two attached hydrogens (primary N) is 1. The summed E-state index contributed by atoms with van der Waals surface area (Å²) >= 11 is 0. The number of ether oxygens (including phenoxy) is 3. The molecule has 0 saturated heterocycles. The topological polar surface area (TPSA) is 276 Å². The molecule has 2 aliphatic heterocycles. The SMILES string of the molecule is CCc1c2c(nc3ccc(OC(=O)OCNC(=O)[C@H](CCCNC(N)=O)NC(=O)[C@@H](NC(=O)CCC(=O)C(C)C)C(C)C)cc13)-c1cc3c(c(=O)n1C2)COC(=O)[C@]3(O)CC. The summed E-state index contributed by atoms with van der Waals surface area (Å²) in [6, 6.07) is 3.40. The molecule has 4 heterocycles. The van der Waals surface area contributed by atoms with Gasteiger partial charge in [0.1, 0.15) is 30.2 Å². The number of esters is 1. The van der Waals surface area contributed by atoms with Gasteiger partial charge in [0, 0.05) is 41.8 Å². The first-order valence-electron chi connectivity index (χ1n) is 20.3. The minimum Gasteiger partial charge on any atom is -0.458 e. The van der Waals surface area contributed by atoms with Crippen LogP contribution in [-0.2, 0) is 58.6 Å². The first-order chi connectivity index (χ1) is 28.9. The number of primary amides is 1. The standard InChI is InChI=1S/C42H53N7O12/c1-7-24-25-16-23(11-12-29(25)46-35-26(24)18-49-31(35)17-28-27(38(49)54)19-59-39(55)42(28,58)8-2)61-41(57)60-20-45-36(52)30(10-9-15-44-40(43)56)47-37(53)34(22(5)6)48-33(51)14-13-32(50)21(3)4/h11-12,16-17,21-22,30,34,58H,7-10,13-15,18-20H2,1-6H3,(H,45,52)(H,47,53)(H,48,51)(H3,43,44,56)/t30-,34-,42-/m0/s1.